The zero-order valence-corrected chi connectivity index (χ0v) is 18.7. The van der Waals surface area contributed by atoms with Crippen molar-refractivity contribution < 1.29 is 23.5 Å². The zero-order chi connectivity index (χ0) is 22.2. The number of Topliss-reactive ketones (excluding diaryl/α,β-unsaturated/α-hetero) is 1. The van der Waals surface area contributed by atoms with Crippen LogP contribution in [0.5, 0.6) is 0 Å². The van der Waals surface area contributed by atoms with Gasteiger partial charge in [-0.1, -0.05) is 0 Å². The highest BCUT2D eigenvalue weighted by molar-refractivity contribution is 5.96. The van der Waals surface area contributed by atoms with Gasteiger partial charge in [-0.2, -0.15) is 0 Å². The Bertz CT molecular complexity index is 827. The molecular formula is C24H33FN2O4. The number of amides is 1. The smallest absolute Gasteiger partial charge is 0.410 e. The molecule has 0 spiro atoms. The van der Waals surface area contributed by atoms with Gasteiger partial charge < -0.3 is 19.3 Å². The molecule has 31 heavy (non-hydrogen) atoms. The minimum absolute atomic E-state index is 0.0610. The number of nitrogens with zero attached hydrogens (tertiary/aromatic N) is 2. The second kappa shape index (κ2) is 8.77. The third-order valence-corrected chi connectivity index (χ3v) is 6.44. The normalized spacial score (nSPS) is 24.4. The van der Waals surface area contributed by atoms with Crippen LogP contribution in [0, 0.1) is 23.6 Å². The SMILES string of the molecule is CC(C)(C)OC(=O)N1C[C@H](CC(=O)c2ccc(N3CCOCC3)c(F)c2)[C@H](C2CC2)C1. The molecule has 1 amide bonds. The van der Waals surface area contributed by atoms with Gasteiger partial charge in [0, 0.05) is 38.2 Å². The van der Waals surface area contributed by atoms with E-state index >= 15 is 0 Å². The second-order valence-electron chi connectivity index (χ2n) is 10.0. The summed E-state index contributed by atoms with van der Waals surface area (Å²) in [6, 6.07) is 4.79. The monoisotopic (exact) mass is 432 g/mol. The van der Waals surface area contributed by atoms with Crippen molar-refractivity contribution in [2.45, 2.75) is 45.6 Å². The third kappa shape index (κ3) is 5.37. The van der Waals surface area contributed by atoms with Gasteiger partial charge in [0.25, 0.3) is 0 Å². The number of hydrogen-bond acceptors (Lipinski definition) is 5. The van der Waals surface area contributed by atoms with Crippen molar-refractivity contribution in [3.63, 3.8) is 0 Å². The van der Waals surface area contributed by atoms with Crippen molar-refractivity contribution in [2.75, 3.05) is 44.3 Å². The Kier molecular flexibility index (Phi) is 6.24. The summed E-state index contributed by atoms with van der Waals surface area (Å²) in [5.41, 5.74) is 0.382. The number of anilines is 1. The summed E-state index contributed by atoms with van der Waals surface area (Å²) in [5, 5.41) is 0. The Morgan fingerprint density at radius 3 is 2.48 bits per heavy atom. The molecule has 7 heteroatoms. The van der Waals surface area contributed by atoms with Crippen molar-refractivity contribution in [1.82, 2.24) is 4.90 Å². The molecule has 1 saturated carbocycles. The van der Waals surface area contributed by atoms with Gasteiger partial charge in [-0.25, -0.2) is 9.18 Å². The second-order valence-corrected chi connectivity index (χ2v) is 10.0. The molecule has 0 N–H and O–H groups in total. The van der Waals surface area contributed by atoms with Gasteiger partial charge >= 0.3 is 6.09 Å². The summed E-state index contributed by atoms with van der Waals surface area (Å²) in [5.74, 6) is 0.552. The number of carbonyl (C=O) groups excluding carboxylic acids is 2. The molecule has 0 bridgehead atoms. The predicted octanol–water partition coefficient (Wildman–Crippen LogP) is 4.13. The van der Waals surface area contributed by atoms with Crippen LogP contribution in [0.25, 0.3) is 0 Å². The van der Waals surface area contributed by atoms with E-state index in [0.717, 1.165) is 12.8 Å². The van der Waals surface area contributed by atoms with Crippen LogP contribution in [0.15, 0.2) is 18.2 Å². The first-order chi connectivity index (χ1) is 14.7. The number of ketones is 1. The molecule has 0 aromatic heterocycles. The van der Waals surface area contributed by atoms with Crippen LogP contribution in [0.2, 0.25) is 0 Å². The van der Waals surface area contributed by atoms with E-state index in [-0.39, 0.29) is 23.6 Å². The number of carbonyl (C=O) groups is 2. The molecule has 0 unspecified atom stereocenters. The molecule has 2 aliphatic heterocycles. The Morgan fingerprint density at radius 1 is 1.16 bits per heavy atom. The molecule has 1 aromatic rings. The highest BCUT2D eigenvalue weighted by Gasteiger charge is 2.45. The van der Waals surface area contributed by atoms with Gasteiger partial charge in [-0.05, 0) is 69.6 Å². The molecule has 170 valence electrons. The number of hydrogen-bond donors (Lipinski definition) is 0. The van der Waals surface area contributed by atoms with E-state index in [4.69, 9.17) is 9.47 Å². The maximum atomic E-state index is 14.7. The van der Waals surface area contributed by atoms with Crippen LogP contribution in [0.3, 0.4) is 0 Å². The number of ether oxygens (including phenoxy) is 2. The maximum Gasteiger partial charge on any atom is 0.410 e. The molecule has 1 aromatic carbocycles. The number of rotatable bonds is 5. The summed E-state index contributed by atoms with van der Waals surface area (Å²) >= 11 is 0. The molecule has 1 aliphatic carbocycles. The van der Waals surface area contributed by atoms with Gasteiger partial charge in [0.1, 0.15) is 11.4 Å². The summed E-state index contributed by atoms with van der Waals surface area (Å²) in [6.45, 7) is 9.20. The van der Waals surface area contributed by atoms with Crippen molar-refractivity contribution >= 4 is 17.6 Å². The van der Waals surface area contributed by atoms with Crippen molar-refractivity contribution in [2.24, 2.45) is 17.8 Å². The van der Waals surface area contributed by atoms with Gasteiger partial charge in [-0.3, -0.25) is 4.79 Å². The van der Waals surface area contributed by atoms with Crippen LogP contribution in [-0.4, -0.2) is 61.8 Å². The fourth-order valence-corrected chi connectivity index (χ4v) is 4.74. The highest BCUT2D eigenvalue weighted by Crippen LogP contribution is 2.45. The largest absolute Gasteiger partial charge is 0.444 e. The number of benzene rings is 1. The Labute approximate surface area is 183 Å². The lowest BCUT2D eigenvalue weighted by Gasteiger charge is -2.29. The van der Waals surface area contributed by atoms with Gasteiger partial charge in [0.15, 0.2) is 5.78 Å². The standard InChI is InChI=1S/C24H33FN2O4/c1-24(2,3)31-23(29)27-14-18(19(15-27)16-4-5-16)13-22(28)17-6-7-21(20(25)12-17)26-8-10-30-11-9-26/h6-7,12,16,18-19H,4-5,8-11,13-15H2,1-3H3/t18-,19-/m0/s1. The van der Waals surface area contributed by atoms with Crippen molar-refractivity contribution in [3.05, 3.63) is 29.6 Å². The lowest BCUT2D eigenvalue weighted by atomic mass is 9.86. The molecule has 6 nitrogen and oxygen atoms in total. The van der Waals surface area contributed by atoms with Crippen LogP contribution in [-0.2, 0) is 9.47 Å². The maximum absolute atomic E-state index is 14.7. The average molecular weight is 433 g/mol. The van der Waals surface area contributed by atoms with Crippen molar-refractivity contribution in [1.29, 1.82) is 0 Å². The Hall–Kier alpha value is -2.15. The van der Waals surface area contributed by atoms with Gasteiger partial charge in [0.05, 0.1) is 18.9 Å². The molecule has 2 saturated heterocycles. The lowest BCUT2D eigenvalue weighted by Crippen LogP contribution is -2.36. The molecule has 3 fully saturated rings. The summed E-state index contributed by atoms with van der Waals surface area (Å²) in [4.78, 5) is 29.2. The van der Waals surface area contributed by atoms with E-state index in [1.807, 2.05) is 25.7 Å². The first-order valence-corrected chi connectivity index (χ1v) is 11.3. The lowest BCUT2D eigenvalue weighted by molar-refractivity contribution is 0.0282. The molecule has 0 radical (unpaired) electrons. The zero-order valence-electron chi connectivity index (χ0n) is 18.7. The first kappa shape index (κ1) is 22.1. The van der Waals surface area contributed by atoms with Gasteiger partial charge in [0.2, 0.25) is 0 Å². The van der Waals surface area contributed by atoms with E-state index in [0.29, 0.717) is 68.9 Å². The quantitative estimate of drug-likeness (QED) is 0.655. The van der Waals surface area contributed by atoms with E-state index in [1.165, 1.54) is 6.07 Å². The van der Waals surface area contributed by atoms with Crippen LogP contribution in [0.1, 0.15) is 50.4 Å². The fourth-order valence-electron chi connectivity index (χ4n) is 4.74. The summed E-state index contributed by atoms with van der Waals surface area (Å²) in [6.07, 6.45) is 2.33. The molecule has 2 atom stereocenters. The molecule has 3 aliphatic rings. The Morgan fingerprint density at radius 2 is 1.87 bits per heavy atom. The number of morpholine rings is 1. The number of halogens is 1. The summed E-state index contributed by atoms with van der Waals surface area (Å²) in [7, 11) is 0. The fraction of sp³-hybridized carbons (Fsp3) is 0.667. The molecule has 2 heterocycles. The minimum Gasteiger partial charge on any atom is -0.444 e. The Balaban J connectivity index is 1.42. The third-order valence-electron chi connectivity index (χ3n) is 6.44. The molecule has 4 rings (SSSR count). The molecular weight excluding hydrogens is 399 g/mol. The minimum atomic E-state index is -0.542. The van der Waals surface area contributed by atoms with Crippen LogP contribution in [0.4, 0.5) is 14.9 Å². The van der Waals surface area contributed by atoms with E-state index < -0.39 is 5.60 Å². The number of likely N-dealkylation sites (tertiary alicyclic amines) is 1. The highest BCUT2D eigenvalue weighted by atomic mass is 19.1. The predicted molar refractivity (Wildman–Crippen MR) is 116 cm³/mol. The van der Waals surface area contributed by atoms with E-state index in [9.17, 15) is 14.0 Å². The van der Waals surface area contributed by atoms with Crippen LogP contribution < -0.4 is 4.90 Å². The van der Waals surface area contributed by atoms with Crippen LogP contribution >= 0.6 is 0 Å². The van der Waals surface area contributed by atoms with Gasteiger partial charge in [-0.15, -0.1) is 0 Å². The van der Waals surface area contributed by atoms with Crippen molar-refractivity contribution in [3.8, 4) is 0 Å². The van der Waals surface area contributed by atoms with E-state index in [1.54, 1.807) is 17.0 Å². The first-order valence-electron chi connectivity index (χ1n) is 11.3. The van der Waals surface area contributed by atoms with E-state index in [2.05, 4.69) is 0 Å². The average Bonchev–Trinajstić information content (AvgIpc) is 3.47. The topological polar surface area (TPSA) is 59.1 Å². The summed E-state index contributed by atoms with van der Waals surface area (Å²) < 4.78 is 25.6.